The van der Waals surface area contributed by atoms with Gasteiger partial charge < -0.3 is 15.1 Å². The van der Waals surface area contributed by atoms with Crippen molar-refractivity contribution in [2.24, 2.45) is 5.92 Å². The molecule has 0 aromatic heterocycles. The highest BCUT2D eigenvalue weighted by Gasteiger charge is 2.50. The molecule has 2 rings (SSSR count). The van der Waals surface area contributed by atoms with Crippen molar-refractivity contribution in [3.8, 4) is 0 Å². The molecular weight excluding hydrogens is 170 g/mol. The molecule has 2 aliphatic heterocycles. The van der Waals surface area contributed by atoms with E-state index in [1.165, 1.54) is 4.90 Å². The lowest BCUT2D eigenvalue weighted by Crippen LogP contribution is -2.55. The second kappa shape index (κ2) is 2.96. The summed E-state index contributed by atoms with van der Waals surface area (Å²) in [4.78, 5) is 12.9. The van der Waals surface area contributed by atoms with Gasteiger partial charge in [0.15, 0.2) is 0 Å². The zero-order chi connectivity index (χ0) is 9.47. The molecule has 2 saturated heterocycles. The summed E-state index contributed by atoms with van der Waals surface area (Å²) in [5.74, 6) is -0.117. The number of fused-ring (bicyclic) bond motifs is 1. The van der Waals surface area contributed by atoms with E-state index in [1.807, 2.05) is 0 Å². The van der Waals surface area contributed by atoms with Crippen molar-refractivity contribution in [1.29, 1.82) is 0 Å². The molecule has 1 amide bonds. The van der Waals surface area contributed by atoms with Crippen molar-refractivity contribution in [1.82, 2.24) is 4.90 Å². The van der Waals surface area contributed by atoms with Crippen LogP contribution >= 0.6 is 0 Å². The maximum absolute atomic E-state index is 11.4. The van der Waals surface area contributed by atoms with Crippen LogP contribution in [0.2, 0.25) is 0 Å². The third-order valence-electron chi connectivity index (χ3n) is 3.28. The summed E-state index contributed by atoms with van der Waals surface area (Å²) in [6.45, 7) is 0.617. The number of carbonyl (C=O) groups is 1. The van der Waals surface area contributed by atoms with E-state index in [-0.39, 0.29) is 18.4 Å². The first-order chi connectivity index (χ1) is 6.18. The van der Waals surface area contributed by atoms with E-state index in [4.69, 9.17) is 5.11 Å². The molecule has 0 aromatic rings. The van der Waals surface area contributed by atoms with Crippen LogP contribution in [0.3, 0.4) is 0 Å². The number of aliphatic hydroxyl groups is 2. The first-order valence-corrected chi connectivity index (χ1v) is 4.82. The molecule has 2 N–H and O–H groups in total. The van der Waals surface area contributed by atoms with Crippen molar-refractivity contribution in [2.45, 2.75) is 31.4 Å². The fraction of sp³-hybridized carbons (Fsp3) is 0.889. The Balaban J connectivity index is 2.24. The van der Waals surface area contributed by atoms with E-state index in [9.17, 15) is 9.90 Å². The summed E-state index contributed by atoms with van der Waals surface area (Å²) >= 11 is 0. The Morgan fingerprint density at radius 2 is 2.38 bits per heavy atom. The van der Waals surface area contributed by atoms with Gasteiger partial charge in [0.1, 0.15) is 5.72 Å². The summed E-state index contributed by atoms with van der Waals surface area (Å²) in [5, 5.41) is 19.3. The highest BCUT2D eigenvalue weighted by molar-refractivity contribution is 5.79. The quantitative estimate of drug-likeness (QED) is 0.589. The number of amides is 1. The van der Waals surface area contributed by atoms with Crippen LogP contribution in [0, 0.1) is 5.92 Å². The van der Waals surface area contributed by atoms with Gasteiger partial charge in [-0.15, -0.1) is 0 Å². The Labute approximate surface area is 77.2 Å². The molecule has 0 aromatic carbocycles. The molecule has 4 nitrogen and oxygen atoms in total. The lowest BCUT2D eigenvalue weighted by atomic mass is 9.86. The molecule has 0 saturated carbocycles. The minimum Gasteiger partial charge on any atom is -0.396 e. The Morgan fingerprint density at radius 1 is 1.62 bits per heavy atom. The fourth-order valence-corrected chi connectivity index (χ4v) is 2.48. The summed E-state index contributed by atoms with van der Waals surface area (Å²) in [5.41, 5.74) is -1.04. The second-order valence-electron chi connectivity index (χ2n) is 3.95. The molecule has 2 atom stereocenters. The van der Waals surface area contributed by atoms with Gasteiger partial charge in [-0.1, -0.05) is 0 Å². The molecule has 2 heterocycles. The Bertz CT molecular complexity index is 231. The Morgan fingerprint density at radius 3 is 3.08 bits per heavy atom. The number of hydrogen-bond donors (Lipinski definition) is 2. The lowest BCUT2D eigenvalue weighted by molar-refractivity contribution is -0.172. The standard InChI is InChI=1S/C9H15NO3/c11-6-7-2-1-5-10-8(12)3-4-9(7,10)13/h7,11,13H,1-6H2/t7-,9+/m1/s1. The molecular formula is C9H15NO3. The fourth-order valence-electron chi connectivity index (χ4n) is 2.48. The normalized spacial score (nSPS) is 39.4. The van der Waals surface area contributed by atoms with Gasteiger partial charge in [-0.05, 0) is 12.8 Å². The van der Waals surface area contributed by atoms with Gasteiger partial charge in [0.2, 0.25) is 5.91 Å². The summed E-state index contributed by atoms with van der Waals surface area (Å²) in [7, 11) is 0. The van der Waals surface area contributed by atoms with Gasteiger partial charge in [0.05, 0.1) is 6.61 Å². The molecule has 0 spiro atoms. The predicted molar refractivity (Wildman–Crippen MR) is 45.7 cm³/mol. The van der Waals surface area contributed by atoms with Crippen molar-refractivity contribution >= 4 is 5.91 Å². The van der Waals surface area contributed by atoms with Crippen molar-refractivity contribution in [2.75, 3.05) is 13.2 Å². The SMILES string of the molecule is O=C1CC[C@]2(O)[C@@H](CO)CCCN12. The first kappa shape index (κ1) is 8.97. The average Bonchev–Trinajstić information content (AvgIpc) is 2.43. The van der Waals surface area contributed by atoms with Crippen LogP contribution in [0.15, 0.2) is 0 Å². The monoisotopic (exact) mass is 185 g/mol. The van der Waals surface area contributed by atoms with Crippen LogP contribution in [-0.4, -0.2) is 39.9 Å². The molecule has 0 radical (unpaired) electrons. The van der Waals surface area contributed by atoms with Gasteiger partial charge in [-0.2, -0.15) is 0 Å². The van der Waals surface area contributed by atoms with Crippen molar-refractivity contribution in [3.63, 3.8) is 0 Å². The van der Waals surface area contributed by atoms with Crippen LogP contribution in [0.4, 0.5) is 0 Å². The number of carbonyl (C=O) groups excluding carboxylic acids is 1. The summed E-state index contributed by atoms with van der Waals surface area (Å²) in [6, 6.07) is 0. The van der Waals surface area contributed by atoms with Gasteiger partial charge in [0.25, 0.3) is 0 Å². The zero-order valence-electron chi connectivity index (χ0n) is 7.57. The maximum Gasteiger partial charge on any atom is 0.225 e. The van der Waals surface area contributed by atoms with Crippen LogP contribution in [0.5, 0.6) is 0 Å². The van der Waals surface area contributed by atoms with Crippen LogP contribution in [-0.2, 0) is 4.79 Å². The van der Waals surface area contributed by atoms with Crippen LogP contribution in [0.1, 0.15) is 25.7 Å². The molecule has 0 bridgehead atoms. The highest BCUT2D eigenvalue weighted by atomic mass is 16.3. The minimum absolute atomic E-state index is 0.0275. The molecule has 74 valence electrons. The minimum atomic E-state index is -1.04. The average molecular weight is 185 g/mol. The largest absolute Gasteiger partial charge is 0.396 e. The van der Waals surface area contributed by atoms with Gasteiger partial charge in [-0.3, -0.25) is 4.79 Å². The number of aliphatic hydroxyl groups excluding tert-OH is 1. The number of piperidine rings is 1. The van der Waals surface area contributed by atoms with Crippen molar-refractivity contribution < 1.29 is 15.0 Å². The molecule has 0 aliphatic carbocycles. The molecule has 2 fully saturated rings. The Hall–Kier alpha value is -0.610. The number of nitrogens with zero attached hydrogens (tertiary/aromatic N) is 1. The molecule has 2 aliphatic rings. The maximum atomic E-state index is 11.4. The van der Waals surface area contributed by atoms with Crippen molar-refractivity contribution in [3.05, 3.63) is 0 Å². The van der Waals surface area contributed by atoms with E-state index in [1.54, 1.807) is 0 Å². The van der Waals surface area contributed by atoms with E-state index >= 15 is 0 Å². The first-order valence-electron chi connectivity index (χ1n) is 4.82. The third-order valence-corrected chi connectivity index (χ3v) is 3.28. The van der Waals surface area contributed by atoms with Crippen LogP contribution < -0.4 is 0 Å². The molecule has 13 heavy (non-hydrogen) atoms. The van der Waals surface area contributed by atoms with E-state index < -0.39 is 5.72 Å². The summed E-state index contributed by atoms with van der Waals surface area (Å²) < 4.78 is 0. The van der Waals surface area contributed by atoms with Gasteiger partial charge in [0, 0.05) is 25.3 Å². The Kier molecular flexibility index (Phi) is 2.04. The van der Waals surface area contributed by atoms with Gasteiger partial charge >= 0.3 is 0 Å². The van der Waals surface area contributed by atoms with Crippen LogP contribution in [0.25, 0.3) is 0 Å². The second-order valence-corrected chi connectivity index (χ2v) is 3.95. The highest BCUT2D eigenvalue weighted by Crippen LogP contribution is 2.39. The predicted octanol–water partition coefficient (Wildman–Crippen LogP) is -0.300. The molecule has 0 unspecified atom stereocenters. The topological polar surface area (TPSA) is 60.8 Å². The third kappa shape index (κ3) is 1.16. The number of hydrogen-bond acceptors (Lipinski definition) is 3. The van der Waals surface area contributed by atoms with Gasteiger partial charge in [-0.25, -0.2) is 0 Å². The zero-order valence-corrected chi connectivity index (χ0v) is 7.57. The smallest absolute Gasteiger partial charge is 0.225 e. The number of rotatable bonds is 1. The van der Waals surface area contributed by atoms with E-state index in [0.29, 0.717) is 19.4 Å². The molecule has 4 heteroatoms. The van der Waals surface area contributed by atoms with E-state index in [2.05, 4.69) is 0 Å². The summed E-state index contributed by atoms with van der Waals surface area (Å²) in [6.07, 6.45) is 2.61. The van der Waals surface area contributed by atoms with E-state index in [0.717, 1.165) is 12.8 Å². The lowest BCUT2D eigenvalue weighted by Gasteiger charge is -2.43.